The molecule has 1 aromatic rings. The molecule has 0 saturated carbocycles. The third kappa shape index (κ3) is 3.24. The molecule has 1 aliphatic heterocycles. The van der Waals surface area contributed by atoms with Gasteiger partial charge in [-0.05, 0) is 38.9 Å². The van der Waals surface area contributed by atoms with Crippen LogP contribution in [-0.2, 0) is 4.79 Å². The van der Waals surface area contributed by atoms with E-state index in [-0.39, 0.29) is 11.8 Å². The summed E-state index contributed by atoms with van der Waals surface area (Å²) in [6.45, 7) is 3.77. The summed E-state index contributed by atoms with van der Waals surface area (Å²) in [5.74, 6) is -0.140. The van der Waals surface area contributed by atoms with Crippen LogP contribution in [0, 0.1) is 0 Å². The van der Waals surface area contributed by atoms with E-state index in [4.69, 9.17) is 0 Å². The molecule has 5 heteroatoms. The fourth-order valence-electron chi connectivity index (χ4n) is 2.75. The molecule has 0 aromatic heterocycles. The first-order chi connectivity index (χ1) is 10.1. The van der Waals surface area contributed by atoms with Gasteiger partial charge in [0.2, 0.25) is 5.91 Å². The third-order valence-electron chi connectivity index (χ3n) is 4.06. The molecule has 114 valence electrons. The lowest BCUT2D eigenvalue weighted by molar-refractivity contribution is -0.129. The van der Waals surface area contributed by atoms with Crippen molar-refractivity contribution in [2.75, 3.05) is 26.7 Å². The second-order valence-corrected chi connectivity index (χ2v) is 5.56. The first kappa shape index (κ1) is 15.5. The fourth-order valence-corrected chi connectivity index (χ4v) is 2.75. The van der Waals surface area contributed by atoms with Crippen LogP contribution in [0.15, 0.2) is 30.3 Å². The van der Waals surface area contributed by atoms with Gasteiger partial charge in [0.25, 0.3) is 5.91 Å². The molecule has 1 fully saturated rings. The van der Waals surface area contributed by atoms with Crippen molar-refractivity contribution in [2.24, 2.45) is 0 Å². The van der Waals surface area contributed by atoms with E-state index in [0.29, 0.717) is 31.6 Å². The summed E-state index contributed by atoms with van der Waals surface area (Å²) in [5.41, 5.74) is -0.116. The van der Waals surface area contributed by atoms with Crippen molar-refractivity contribution in [3.05, 3.63) is 35.9 Å². The van der Waals surface area contributed by atoms with Gasteiger partial charge in [-0.25, -0.2) is 0 Å². The SMILES string of the molecule is CNCCNC(=O)C1(C)CCCN1C(=O)c1ccccc1. The Kier molecular flexibility index (Phi) is 4.96. The second kappa shape index (κ2) is 6.72. The van der Waals surface area contributed by atoms with Gasteiger partial charge in [-0.1, -0.05) is 18.2 Å². The van der Waals surface area contributed by atoms with Crippen LogP contribution in [0.4, 0.5) is 0 Å². The van der Waals surface area contributed by atoms with Crippen molar-refractivity contribution in [2.45, 2.75) is 25.3 Å². The first-order valence-electron chi connectivity index (χ1n) is 7.39. The molecular formula is C16H23N3O2. The molecule has 21 heavy (non-hydrogen) atoms. The lowest BCUT2D eigenvalue weighted by atomic mass is 9.97. The van der Waals surface area contributed by atoms with Gasteiger partial charge >= 0.3 is 0 Å². The molecule has 2 amide bonds. The lowest BCUT2D eigenvalue weighted by Crippen LogP contribution is -2.56. The van der Waals surface area contributed by atoms with Crippen LogP contribution in [0.3, 0.4) is 0 Å². The molecule has 2 N–H and O–H groups in total. The molecule has 2 rings (SSSR count). The van der Waals surface area contributed by atoms with Gasteiger partial charge in [0.05, 0.1) is 0 Å². The van der Waals surface area contributed by atoms with Crippen molar-refractivity contribution >= 4 is 11.8 Å². The van der Waals surface area contributed by atoms with Gasteiger partial charge in [0.1, 0.15) is 5.54 Å². The van der Waals surface area contributed by atoms with E-state index in [1.165, 1.54) is 0 Å². The highest BCUT2D eigenvalue weighted by atomic mass is 16.2. The van der Waals surface area contributed by atoms with E-state index in [9.17, 15) is 9.59 Å². The summed E-state index contributed by atoms with van der Waals surface area (Å²) in [4.78, 5) is 26.8. The zero-order chi connectivity index (χ0) is 15.3. The molecule has 0 radical (unpaired) electrons. The summed E-state index contributed by atoms with van der Waals surface area (Å²) in [6.07, 6.45) is 1.56. The van der Waals surface area contributed by atoms with E-state index in [0.717, 1.165) is 6.42 Å². The summed E-state index contributed by atoms with van der Waals surface area (Å²) in [5, 5.41) is 5.90. The predicted octanol–water partition coefficient (Wildman–Crippen LogP) is 1.02. The average molecular weight is 289 g/mol. The Morgan fingerprint density at radius 2 is 1.95 bits per heavy atom. The highest BCUT2D eigenvalue weighted by Gasteiger charge is 2.45. The van der Waals surface area contributed by atoms with Crippen molar-refractivity contribution < 1.29 is 9.59 Å². The molecule has 0 aliphatic carbocycles. The van der Waals surface area contributed by atoms with Gasteiger partial charge in [0, 0.05) is 25.2 Å². The minimum atomic E-state index is -0.749. The zero-order valence-electron chi connectivity index (χ0n) is 12.7. The number of amides is 2. The third-order valence-corrected chi connectivity index (χ3v) is 4.06. The van der Waals surface area contributed by atoms with Gasteiger partial charge in [0.15, 0.2) is 0 Å². The smallest absolute Gasteiger partial charge is 0.254 e. The van der Waals surface area contributed by atoms with E-state index in [1.54, 1.807) is 17.0 Å². The largest absolute Gasteiger partial charge is 0.353 e. The quantitative estimate of drug-likeness (QED) is 0.796. The number of carbonyl (C=O) groups excluding carboxylic acids is 2. The van der Waals surface area contributed by atoms with E-state index in [2.05, 4.69) is 10.6 Å². The van der Waals surface area contributed by atoms with E-state index in [1.807, 2.05) is 32.2 Å². The molecule has 1 atom stereocenters. The maximum atomic E-state index is 12.6. The summed E-state index contributed by atoms with van der Waals surface area (Å²) >= 11 is 0. The van der Waals surface area contributed by atoms with Crippen LogP contribution >= 0.6 is 0 Å². The minimum Gasteiger partial charge on any atom is -0.353 e. The highest BCUT2D eigenvalue weighted by Crippen LogP contribution is 2.30. The van der Waals surface area contributed by atoms with E-state index >= 15 is 0 Å². The van der Waals surface area contributed by atoms with Crippen LogP contribution in [0.25, 0.3) is 0 Å². The van der Waals surface area contributed by atoms with Crippen LogP contribution in [0.1, 0.15) is 30.1 Å². The molecule has 0 spiro atoms. The summed E-state index contributed by atoms with van der Waals surface area (Å²) < 4.78 is 0. The topological polar surface area (TPSA) is 61.4 Å². The molecule has 1 aromatic carbocycles. The number of likely N-dealkylation sites (tertiary alicyclic amines) is 1. The standard InChI is InChI=1S/C16H23N3O2/c1-16(15(21)18-11-10-17-2)9-6-12-19(16)14(20)13-7-4-3-5-8-13/h3-5,7-8,17H,6,9-12H2,1-2H3,(H,18,21). The highest BCUT2D eigenvalue weighted by molar-refractivity contribution is 5.99. The van der Waals surface area contributed by atoms with E-state index < -0.39 is 5.54 Å². The monoisotopic (exact) mass is 289 g/mol. The molecule has 1 unspecified atom stereocenters. The Balaban J connectivity index is 2.11. The Hall–Kier alpha value is -1.88. The van der Waals surface area contributed by atoms with Gasteiger partial charge in [-0.2, -0.15) is 0 Å². The Morgan fingerprint density at radius 3 is 2.62 bits per heavy atom. The van der Waals surface area contributed by atoms with Crippen molar-refractivity contribution in [3.8, 4) is 0 Å². The maximum absolute atomic E-state index is 12.6. The molecule has 5 nitrogen and oxygen atoms in total. The van der Waals surface area contributed by atoms with Crippen LogP contribution in [0.2, 0.25) is 0 Å². The number of hydrogen-bond donors (Lipinski definition) is 2. The lowest BCUT2D eigenvalue weighted by Gasteiger charge is -2.34. The van der Waals surface area contributed by atoms with Gasteiger partial charge < -0.3 is 15.5 Å². The predicted molar refractivity (Wildman–Crippen MR) is 82.1 cm³/mol. The van der Waals surface area contributed by atoms with Crippen molar-refractivity contribution in [3.63, 3.8) is 0 Å². The zero-order valence-corrected chi connectivity index (χ0v) is 12.7. The minimum absolute atomic E-state index is 0.0699. The Labute approximate surface area is 125 Å². The van der Waals surface area contributed by atoms with Crippen LogP contribution in [0.5, 0.6) is 0 Å². The summed E-state index contributed by atoms with van der Waals surface area (Å²) in [7, 11) is 1.84. The van der Waals surface area contributed by atoms with Gasteiger partial charge in [-0.15, -0.1) is 0 Å². The Bertz CT molecular complexity index is 504. The number of rotatable bonds is 5. The van der Waals surface area contributed by atoms with Crippen LogP contribution in [-0.4, -0.2) is 48.9 Å². The Morgan fingerprint density at radius 1 is 1.24 bits per heavy atom. The molecule has 1 aliphatic rings. The number of carbonyl (C=O) groups is 2. The average Bonchev–Trinajstić information content (AvgIpc) is 2.91. The van der Waals surface area contributed by atoms with Crippen LogP contribution < -0.4 is 10.6 Å². The van der Waals surface area contributed by atoms with Crippen molar-refractivity contribution in [1.82, 2.24) is 15.5 Å². The molecule has 1 saturated heterocycles. The number of nitrogens with zero attached hydrogens (tertiary/aromatic N) is 1. The molecular weight excluding hydrogens is 266 g/mol. The van der Waals surface area contributed by atoms with Gasteiger partial charge in [-0.3, -0.25) is 9.59 Å². The van der Waals surface area contributed by atoms with Crippen molar-refractivity contribution in [1.29, 1.82) is 0 Å². The number of likely N-dealkylation sites (N-methyl/N-ethyl adjacent to an activating group) is 1. The maximum Gasteiger partial charge on any atom is 0.254 e. The second-order valence-electron chi connectivity index (χ2n) is 5.56. The fraction of sp³-hybridized carbons (Fsp3) is 0.500. The molecule has 1 heterocycles. The first-order valence-corrected chi connectivity index (χ1v) is 7.39. The summed E-state index contributed by atoms with van der Waals surface area (Å²) in [6, 6.07) is 9.14. The normalized spacial score (nSPS) is 21.3. The number of benzene rings is 1. The number of nitrogens with one attached hydrogen (secondary N) is 2. The molecule has 0 bridgehead atoms. The number of hydrogen-bond acceptors (Lipinski definition) is 3.